The highest BCUT2D eigenvalue weighted by molar-refractivity contribution is 5.70. The molecule has 474 valence electrons. The molecule has 0 heterocycles. The Morgan fingerprint density at radius 1 is 0.362 bits per heavy atom. The average Bonchev–Trinajstić information content (AvgIpc) is 3.43. The van der Waals surface area contributed by atoms with E-state index in [0.717, 1.165) is 38.5 Å². The summed E-state index contributed by atoms with van der Waals surface area (Å²) >= 11 is 0. The van der Waals surface area contributed by atoms with Crippen molar-refractivity contribution >= 4 is 17.9 Å². The largest absolute Gasteiger partial charge is 0.545 e. The Morgan fingerprint density at radius 3 is 0.925 bits per heavy atom. The smallest absolute Gasteiger partial charge is 0.306 e. The van der Waals surface area contributed by atoms with E-state index in [4.69, 9.17) is 18.9 Å². The van der Waals surface area contributed by atoms with Gasteiger partial charge in [0.05, 0.1) is 40.3 Å². The molecule has 80 heavy (non-hydrogen) atoms. The number of rotatable bonds is 67. The van der Waals surface area contributed by atoms with E-state index in [1.807, 2.05) is 21.1 Å². The SMILES string of the molecule is CCCCCCCCCC/C=C\CCCCCCCCCCCCCCCCCCCCCCCCCCCCCC(=O)OC(COC(=O)CCCCCCCCCCCCCCCCCC)COC(OCC[N+](C)(C)C)C(=O)[O-]. The van der Waals surface area contributed by atoms with Crippen LogP contribution in [0.25, 0.3) is 0 Å². The number of carbonyl (C=O) groups is 3. The summed E-state index contributed by atoms with van der Waals surface area (Å²) in [5.74, 6) is -2.25. The third kappa shape index (κ3) is 63.6. The maximum Gasteiger partial charge on any atom is 0.306 e. The van der Waals surface area contributed by atoms with E-state index in [2.05, 4.69) is 26.0 Å². The number of aliphatic carboxylic acids is 1. The molecule has 0 rings (SSSR count). The van der Waals surface area contributed by atoms with Crippen LogP contribution in [0.1, 0.15) is 367 Å². The van der Waals surface area contributed by atoms with E-state index in [1.165, 1.54) is 302 Å². The van der Waals surface area contributed by atoms with Crippen LogP contribution in [-0.2, 0) is 33.3 Å². The maximum absolute atomic E-state index is 12.9. The number of unbranched alkanes of at least 4 members (excludes halogenated alkanes) is 50. The van der Waals surface area contributed by atoms with Crippen molar-refractivity contribution in [1.82, 2.24) is 0 Å². The van der Waals surface area contributed by atoms with Gasteiger partial charge in [0.2, 0.25) is 0 Å². The van der Waals surface area contributed by atoms with Gasteiger partial charge in [-0.05, 0) is 38.5 Å². The minimum absolute atomic E-state index is 0.153. The van der Waals surface area contributed by atoms with E-state index >= 15 is 0 Å². The van der Waals surface area contributed by atoms with Gasteiger partial charge >= 0.3 is 11.9 Å². The number of carboxylic acids is 1. The first-order chi connectivity index (χ1) is 39.1. The van der Waals surface area contributed by atoms with Crippen LogP contribution in [0.4, 0.5) is 0 Å². The summed E-state index contributed by atoms with van der Waals surface area (Å²) in [6, 6.07) is 0. The number of quaternary nitrogens is 1. The summed E-state index contributed by atoms with van der Waals surface area (Å²) in [5, 5.41) is 11.8. The van der Waals surface area contributed by atoms with E-state index in [-0.39, 0.29) is 32.2 Å². The van der Waals surface area contributed by atoms with Crippen LogP contribution in [0.15, 0.2) is 12.2 Å². The van der Waals surface area contributed by atoms with E-state index < -0.39 is 24.3 Å². The quantitative estimate of drug-likeness (QED) is 0.0195. The second-order valence-electron chi connectivity index (χ2n) is 25.5. The molecule has 0 aromatic carbocycles. The number of allylic oxidation sites excluding steroid dienone is 2. The zero-order valence-corrected chi connectivity index (χ0v) is 54.2. The van der Waals surface area contributed by atoms with E-state index in [1.54, 1.807) is 0 Å². The molecule has 0 amide bonds. The molecule has 2 unspecified atom stereocenters. The summed E-state index contributed by atoms with van der Waals surface area (Å²) in [6.07, 6.45) is 73.2. The highest BCUT2D eigenvalue weighted by Gasteiger charge is 2.22. The molecule has 0 bridgehead atoms. The molecule has 9 nitrogen and oxygen atoms in total. The number of hydrogen-bond donors (Lipinski definition) is 0. The molecule has 2 atom stereocenters. The molecule has 0 aliphatic carbocycles. The topological polar surface area (TPSA) is 111 Å². The third-order valence-corrected chi connectivity index (χ3v) is 16.3. The fraction of sp³-hybridized carbons (Fsp3) is 0.930. The number of nitrogens with zero attached hydrogens (tertiary/aromatic N) is 1. The van der Waals surface area contributed by atoms with Crippen LogP contribution < -0.4 is 5.11 Å². The van der Waals surface area contributed by atoms with E-state index in [9.17, 15) is 19.5 Å². The number of carboxylic acid groups (broad SMARTS) is 1. The number of hydrogen-bond acceptors (Lipinski definition) is 8. The van der Waals surface area contributed by atoms with Crippen LogP contribution in [0.2, 0.25) is 0 Å². The first-order valence-corrected chi connectivity index (χ1v) is 35.3. The Morgan fingerprint density at radius 2 is 0.637 bits per heavy atom. The lowest BCUT2D eigenvalue weighted by Gasteiger charge is -2.26. The molecule has 0 aliphatic heterocycles. The van der Waals surface area contributed by atoms with Crippen molar-refractivity contribution < 1.29 is 42.9 Å². The van der Waals surface area contributed by atoms with Gasteiger partial charge in [-0.1, -0.05) is 328 Å². The fourth-order valence-corrected chi connectivity index (χ4v) is 10.8. The summed E-state index contributed by atoms with van der Waals surface area (Å²) in [6.45, 7) is 4.82. The molecule has 0 aromatic rings. The Bertz CT molecular complexity index is 1320. The van der Waals surface area contributed by atoms with Crippen molar-refractivity contribution in [1.29, 1.82) is 0 Å². The number of likely N-dealkylation sites (N-methyl/N-ethyl adjacent to an activating group) is 1. The van der Waals surface area contributed by atoms with Crippen molar-refractivity contribution in [2.75, 3.05) is 47.5 Å². The predicted octanol–water partition coefficient (Wildman–Crippen LogP) is 20.3. The number of carbonyl (C=O) groups excluding carboxylic acids is 3. The van der Waals surface area contributed by atoms with Gasteiger partial charge in [0.1, 0.15) is 13.2 Å². The number of ether oxygens (including phenoxy) is 4. The van der Waals surface area contributed by atoms with Crippen molar-refractivity contribution in [2.45, 2.75) is 379 Å². The van der Waals surface area contributed by atoms with Crippen LogP contribution >= 0.6 is 0 Å². The summed E-state index contributed by atoms with van der Waals surface area (Å²) in [5.41, 5.74) is 0. The second-order valence-corrected chi connectivity index (χ2v) is 25.5. The first kappa shape index (κ1) is 78.0. The zero-order chi connectivity index (χ0) is 58.3. The zero-order valence-electron chi connectivity index (χ0n) is 54.2. The lowest BCUT2D eigenvalue weighted by Crippen LogP contribution is -2.44. The Hall–Kier alpha value is -1.97. The monoisotopic (exact) mass is 1130 g/mol. The summed E-state index contributed by atoms with van der Waals surface area (Å²) in [4.78, 5) is 37.4. The van der Waals surface area contributed by atoms with Gasteiger partial charge in [0, 0.05) is 12.8 Å². The summed E-state index contributed by atoms with van der Waals surface area (Å²) in [7, 11) is 5.94. The van der Waals surface area contributed by atoms with Gasteiger partial charge in [0.25, 0.3) is 0 Å². The molecule has 0 aromatic heterocycles. The summed E-state index contributed by atoms with van der Waals surface area (Å²) < 4.78 is 22.8. The van der Waals surface area contributed by atoms with Gasteiger partial charge in [-0.2, -0.15) is 0 Å². The van der Waals surface area contributed by atoms with Crippen molar-refractivity contribution in [3.63, 3.8) is 0 Å². The predicted molar refractivity (Wildman–Crippen MR) is 339 cm³/mol. The molecule has 0 saturated carbocycles. The molecule has 0 saturated heterocycles. The van der Waals surface area contributed by atoms with Gasteiger partial charge < -0.3 is 33.3 Å². The second kappa shape index (κ2) is 63.1. The lowest BCUT2D eigenvalue weighted by molar-refractivity contribution is -0.870. The van der Waals surface area contributed by atoms with Gasteiger partial charge in [-0.15, -0.1) is 0 Å². The van der Waals surface area contributed by atoms with E-state index in [0.29, 0.717) is 17.4 Å². The van der Waals surface area contributed by atoms with Crippen molar-refractivity contribution in [3.8, 4) is 0 Å². The van der Waals surface area contributed by atoms with Crippen LogP contribution in [0.3, 0.4) is 0 Å². The van der Waals surface area contributed by atoms with Crippen molar-refractivity contribution in [3.05, 3.63) is 12.2 Å². The van der Waals surface area contributed by atoms with Gasteiger partial charge in [-0.25, -0.2) is 0 Å². The minimum atomic E-state index is -1.62. The molecule has 0 aliphatic rings. The standard InChI is InChI=1S/C71H137NO8/c1-6-8-10-12-14-16-18-20-22-24-25-26-27-28-29-30-31-32-33-34-35-36-37-38-39-40-41-42-43-44-45-46-48-50-52-54-56-58-60-62-69(74)80-67(66-79-71(70(75)76)77-64-63-72(3,4)5)65-78-68(73)61-59-57-55-53-51-49-47-23-21-19-17-15-13-11-9-7-2/h24-25,67,71H,6-23,26-66H2,1-5H3/b25-24-. The number of esters is 2. The minimum Gasteiger partial charge on any atom is -0.545 e. The molecule has 9 heteroatoms. The Balaban J connectivity index is 3.91. The van der Waals surface area contributed by atoms with Gasteiger partial charge in [-0.3, -0.25) is 9.59 Å². The van der Waals surface area contributed by atoms with Crippen LogP contribution in [-0.4, -0.2) is 82.3 Å². The highest BCUT2D eigenvalue weighted by Crippen LogP contribution is 2.19. The maximum atomic E-state index is 12.9. The average molecular weight is 1130 g/mol. The van der Waals surface area contributed by atoms with Gasteiger partial charge in [0.15, 0.2) is 12.4 Å². The Kier molecular flexibility index (Phi) is 61.5. The van der Waals surface area contributed by atoms with Crippen LogP contribution in [0, 0.1) is 0 Å². The normalized spacial score (nSPS) is 12.7. The molecular weight excluding hydrogens is 995 g/mol. The Labute approximate surface area is 497 Å². The lowest BCUT2D eigenvalue weighted by atomic mass is 10.0. The molecular formula is C71H137NO8. The van der Waals surface area contributed by atoms with Crippen molar-refractivity contribution in [2.24, 2.45) is 0 Å². The molecule has 0 N–H and O–H groups in total. The van der Waals surface area contributed by atoms with Crippen LogP contribution in [0.5, 0.6) is 0 Å². The first-order valence-electron chi connectivity index (χ1n) is 35.3. The fourth-order valence-electron chi connectivity index (χ4n) is 10.8. The molecule has 0 radical (unpaired) electrons. The molecule has 0 fully saturated rings. The molecule has 0 spiro atoms. The highest BCUT2D eigenvalue weighted by atomic mass is 16.7. The third-order valence-electron chi connectivity index (χ3n) is 16.3.